The van der Waals surface area contributed by atoms with Gasteiger partial charge in [0.1, 0.15) is 10.0 Å². The largest absolute Gasteiger partial charge is 0.384 e. The lowest BCUT2D eigenvalue weighted by molar-refractivity contribution is 0.583. The molecule has 3 N–H and O–H groups in total. The number of nitrogens with two attached hydrogens (primary N) is 1. The standard InChI is InChI=1S/C10H13BrN4O2S2/c1-6-3-8(18-9(6)11)19(16,17)14-5-7-4-13-15(2)10(7)12/h3-4,14H,5,12H2,1-2H3. The van der Waals surface area contributed by atoms with Gasteiger partial charge in [0, 0.05) is 19.2 Å². The molecule has 0 aromatic carbocycles. The number of aryl methyl sites for hydroxylation is 2. The molecule has 19 heavy (non-hydrogen) atoms. The Morgan fingerprint density at radius 3 is 2.74 bits per heavy atom. The van der Waals surface area contributed by atoms with Crippen molar-refractivity contribution in [1.82, 2.24) is 14.5 Å². The Labute approximate surface area is 123 Å². The van der Waals surface area contributed by atoms with Crippen LogP contribution in [0.3, 0.4) is 0 Å². The third kappa shape index (κ3) is 2.99. The van der Waals surface area contributed by atoms with E-state index in [9.17, 15) is 8.42 Å². The number of rotatable bonds is 4. The Morgan fingerprint density at radius 1 is 1.58 bits per heavy atom. The quantitative estimate of drug-likeness (QED) is 0.862. The summed E-state index contributed by atoms with van der Waals surface area (Å²) >= 11 is 4.49. The maximum absolute atomic E-state index is 12.1. The minimum absolute atomic E-state index is 0.122. The van der Waals surface area contributed by atoms with Crippen LogP contribution in [0.4, 0.5) is 5.82 Å². The summed E-state index contributed by atoms with van der Waals surface area (Å²) in [6.45, 7) is 1.97. The topological polar surface area (TPSA) is 90.0 Å². The molecule has 0 aliphatic heterocycles. The fourth-order valence-electron chi connectivity index (χ4n) is 1.44. The summed E-state index contributed by atoms with van der Waals surface area (Å²) < 4.78 is 29.3. The molecule has 0 spiro atoms. The van der Waals surface area contributed by atoms with Gasteiger partial charge in [-0.2, -0.15) is 5.10 Å². The third-order valence-corrected chi connectivity index (χ3v) is 6.63. The van der Waals surface area contributed by atoms with E-state index in [-0.39, 0.29) is 10.8 Å². The molecule has 2 aromatic rings. The summed E-state index contributed by atoms with van der Waals surface area (Å²) in [5, 5.41) is 3.96. The fourth-order valence-corrected chi connectivity index (χ4v) is 4.71. The number of sulfonamides is 1. The minimum atomic E-state index is -3.52. The molecular weight excluding hydrogens is 352 g/mol. The average Bonchev–Trinajstić information content (AvgIpc) is 2.84. The Kier molecular flexibility index (Phi) is 4.00. The van der Waals surface area contributed by atoms with Gasteiger partial charge in [-0.15, -0.1) is 11.3 Å². The van der Waals surface area contributed by atoms with Crippen molar-refractivity contribution in [2.45, 2.75) is 17.7 Å². The molecule has 2 rings (SSSR count). The van der Waals surface area contributed by atoms with Gasteiger partial charge in [0.2, 0.25) is 10.0 Å². The van der Waals surface area contributed by atoms with Crippen molar-refractivity contribution < 1.29 is 8.42 Å². The van der Waals surface area contributed by atoms with E-state index in [0.29, 0.717) is 11.4 Å². The molecule has 0 saturated carbocycles. The number of nitrogens with zero attached hydrogens (tertiary/aromatic N) is 2. The Hall–Kier alpha value is -0.900. The lowest BCUT2D eigenvalue weighted by Crippen LogP contribution is -2.22. The molecule has 2 aromatic heterocycles. The molecule has 0 saturated heterocycles. The summed E-state index contributed by atoms with van der Waals surface area (Å²) in [6, 6.07) is 1.63. The van der Waals surface area contributed by atoms with Gasteiger partial charge in [-0.3, -0.25) is 4.68 Å². The first-order valence-corrected chi connectivity index (χ1v) is 8.42. The van der Waals surface area contributed by atoms with E-state index in [1.54, 1.807) is 19.3 Å². The van der Waals surface area contributed by atoms with E-state index in [1.165, 1.54) is 16.0 Å². The van der Waals surface area contributed by atoms with Crippen molar-refractivity contribution in [3.63, 3.8) is 0 Å². The highest BCUT2D eigenvalue weighted by Gasteiger charge is 2.18. The van der Waals surface area contributed by atoms with E-state index >= 15 is 0 Å². The van der Waals surface area contributed by atoms with Crippen LogP contribution in [0.2, 0.25) is 0 Å². The van der Waals surface area contributed by atoms with Crippen LogP contribution in [0.15, 0.2) is 20.3 Å². The molecule has 104 valence electrons. The van der Waals surface area contributed by atoms with E-state index in [2.05, 4.69) is 25.8 Å². The van der Waals surface area contributed by atoms with Gasteiger partial charge in [0.05, 0.1) is 9.98 Å². The summed E-state index contributed by atoms with van der Waals surface area (Å²) in [4.78, 5) is 0. The summed E-state index contributed by atoms with van der Waals surface area (Å²) in [5.74, 6) is 0.450. The number of nitrogen functional groups attached to an aromatic ring is 1. The lowest BCUT2D eigenvalue weighted by atomic mass is 10.3. The molecule has 6 nitrogen and oxygen atoms in total. The number of halogens is 1. The second-order valence-corrected chi connectivity index (χ2v) is 8.39. The van der Waals surface area contributed by atoms with Crippen LogP contribution in [0, 0.1) is 6.92 Å². The van der Waals surface area contributed by atoms with Gasteiger partial charge in [-0.05, 0) is 34.5 Å². The van der Waals surface area contributed by atoms with Crippen LogP contribution in [0.1, 0.15) is 11.1 Å². The number of thiophene rings is 1. The highest BCUT2D eigenvalue weighted by atomic mass is 79.9. The first-order chi connectivity index (χ1) is 8.81. The second kappa shape index (κ2) is 5.23. The third-order valence-electron chi connectivity index (χ3n) is 2.62. The van der Waals surface area contributed by atoms with Gasteiger partial charge in [-0.25, -0.2) is 13.1 Å². The zero-order valence-electron chi connectivity index (χ0n) is 10.3. The molecular formula is C10H13BrN4O2S2. The van der Waals surface area contributed by atoms with Crippen LogP contribution in [0.5, 0.6) is 0 Å². The van der Waals surface area contributed by atoms with Crippen LogP contribution >= 0.6 is 27.3 Å². The molecule has 2 heterocycles. The molecule has 0 fully saturated rings. The van der Waals surface area contributed by atoms with Crippen molar-refractivity contribution in [1.29, 1.82) is 0 Å². The Morgan fingerprint density at radius 2 is 2.26 bits per heavy atom. The number of aromatic nitrogens is 2. The van der Waals surface area contributed by atoms with Crippen LogP contribution in [0.25, 0.3) is 0 Å². The van der Waals surface area contributed by atoms with Gasteiger partial charge in [-0.1, -0.05) is 0 Å². The van der Waals surface area contributed by atoms with Gasteiger partial charge < -0.3 is 5.73 Å². The highest BCUT2D eigenvalue weighted by Crippen LogP contribution is 2.30. The molecule has 0 unspecified atom stereocenters. The first-order valence-electron chi connectivity index (χ1n) is 5.33. The molecule has 0 atom stereocenters. The van der Waals surface area contributed by atoms with E-state index in [1.807, 2.05) is 6.92 Å². The molecule has 0 radical (unpaired) electrons. The summed E-state index contributed by atoms with van der Waals surface area (Å²) in [5.41, 5.74) is 7.31. The average molecular weight is 365 g/mol. The van der Waals surface area contributed by atoms with E-state index in [0.717, 1.165) is 9.35 Å². The van der Waals surface area contributed by atoms with Crippen molar-refractivity contribution in [2.24, 2.45) is 7.05 Å². The molecule has 0 aliphatic carbocycles. The van der Waals surface area contributed by atoms with Crippen LogP contribution in [-0.4, -0.2) is 18.2 Å². The van der Waals surface area contributed by atoms with Crippen LogP contribution in [-0.2, 0) is 23.6 Å². The van der Waals surface area contributed by atoms with E-state index < -0.39 is 10.0 Å². The van der Waals surface area contributed by atoms with Crippen molar-refractivity contribution in [3.8, 4) is 0 Å². The number of nitrogens with one attached hydrogen (secondary N) is 1. The Balaban J connectivity index is 2.16. The molecule has 9 heteroatoms. The summed E-state index contributed by atoms with van der Waals surface area (Å²) in [6.07, 6.45) is 1.55. The summed E-state index contributed by atoms with van der Waals surface area (Å²) in [7, 11) is -1.82. The first kappa shape index (κ1) is 14.5. The predicted octanol–water partition coefficient (Wildman–Crippen LogP) is 1.61. The zero-order chi connectivity index (χ0) is 14.2. The molecule has 0 bridgehead atoms. The predicted molar refractivity (Wildman–Crippen MR) is 78.4 cm³/mol. The van der Waals surface area contributed by atoms with Gasteiger partial charge >= 0.3 is 0 Å². The maximum atomic E-state index is 12.1. The molecule has 0 amide bonds. The van der Waals surface area contributed by atoms with Crippen LogP contribution < -0.4 is 10.5 Å². The second-order valence-electron chi connectivity index (χ2n) is 4.03. The van der Waals surface area contributed by atoms with Gasteiger partial charge in [0.25, 0.3) is 0 Å². The normalized spacial score (nSPS) is 11.9. The fraction of sp³-hybridized carbons (Fsp3) is 0.300. The number of anilines is 1. The zero-order valence-corrected chi connectivity index (χ0v) is 13.6. The van der Waals surface area contributed by atoms with E-state index in [4.69, 9.17) is 5.73 Å². The van der Waals surface area contributed by atoms with Crippen molar-refractivity contribution in [2.75, 3.05) is 5.73 Å². The lowest BCUT2D eigenvalue weighted by Gasteiger charge is -2.04. The maximum Gasteiger partial charge on any atom is 0.250 e. The Bertz CT molecular complexity index is 686. The number of hydrogen-bond acceptors (Lipinski definition) is 5. The molecule has 0 aliphatic rings. The smallest absolute Gasteiger partial charge is 0.250 e. The monoisotopic (exact) mass is 364 g/mol. The van der Waals surface area contributed by atoms with Gasteiger partial charge in [0.15, 0.2) is 0 Å². The SMILES string of the molecule is Cc1cc(S(=O)(=O)NCc2cnn(C)c2N)sc1Br. The minimum Gasteiger partial charge on any atom is -0.384 e. The number of hydrogen-bond donors (Lipinski definition) is 2. The van der Waals surface area contributed by atoms with Crippen molar-refractivity contribution >= 4 is 43.1 Å². The van der Waals surface area contributed by atoms with Crippen molar-refractivity contribution in [3.05, 3.63) is 27.2 Å². The highest BCUT2D eigenvalue weighted by molar-refractivity contribution is 9.11.